The van der Waals surface area contributed by atoms with Crippen molar-refractivity contribution in [3.63, 3.8) is 0 Å². The largest absolute Gasteiger partial charge is 0.466 e. The Hall–Kier alpha value is -1.98. The zero-order chi connectivity index (χ0) is 14.8. The molecule has 6 heteroatoms. The topological polar surface area (TPSA) is 101 Å². The van der Waals surface area contributed by atoms with Crippen LogP contribution in [-0.2, 0) is 0 Å². The van der Waals surface area contributed by atoms with Gasteiger partial charge in [0.05, 0.1) is 11.1 Å². The number of amides is 1. The van der Waals surface area contributed by atoms with Crippen molar-refractivity contribution < 1.29 is 14.4 Å². The number of aryl methyl sites for hydroxylation is 2. The second-order valence-corrected chi connectivity index (χ2v) is 4.84. The van der Waals surface area contributed by atoms with Gasteiger partial charge in [-0.3, -0.25) is 4.79 Å². The van der Waals surface area contributed by atoms with Gasteiger partial charge >= 0.3 is 0 Å². The predicted molar refractivity (Wildman–Crippen MR) is 72.5 cm³/mol. The molecule has 1 rings (SSSR count). The Morgan fingerprint density at radius 2 is 2.00 bits per heavy atom. The molecule has 0 aliphatic heterocycles. The van der Waals surface area contributed by atoms with Crippen LogP contribution >= 0.6 is 0 Å². The zero-order valence-electron chi connectivity index (χ0n) is 12.0. The summed E-state index contributed by atoms with van der Waals surface area (Å²) in [6.45, 7) is 8.92. The molecular formula is C13H21N3O3. The standard InChI is InChI=1S/C13H21N3O3/c1-6-13(5,12(14)16-18)15-11(17)10-7(2)8(3)19-9(10)4/h18H,6H2,1-5H3,(H2,14,16)(H,15,17). The number of nitrogens with one attached hydrogen (secondary N) is 1. The number of carbonyl (C=O) groups excluding carboxylic acids is 1. The van der Waals surface area contributed by atoms with Crippen LogP contribution in [0, 0.1) is 20.8 Å². The van der Waals surface area contributed by atoms with Crippen LogP contribution in [0.1, 0.15) is 47.7 Å². The molecule has 0 saturated heterocycles. The van der Waals surface area contributed by atoms with Gasteiger partial charge in [-0.1, -0.05) is 12.1 Å². The molecule has 1 heterocycles. The molecule has 1 aromatic heterocycles. The molecule has 6 nitrogen and oxygen atoms in total. The van der Waals surface area contributed by atoms with Gasteiger partial charge in [0.1, 0.15) is 11.5 Å². The van der Waals surface area contributed by atoms with E-state index in [0.29, 0.717) is 23.5 Å². The molecule has 0 aliphatic carbocycles. The van der Waals surface area contributed by atoms with Crippen LogP contribution in [0.5, 0.6) is 0 Å². The fourth-order valence-electron chi connectivity index (χ4n) is 1.88. The van der Waals surface area contributed by atoms with E-state index in [1.54, 1.807) is 13.8 Å². The maximum atomic E-state index is 12.3. The Labute approximate surface area is 112 Å². The lowest BCUT2D eigenvalue weighted by Crippen LogP contribution is -2.55. The first kappa shape index (κ1) is 15.1. The molecule has 0 saturated carbocycles. The predicted octanol–water partition coefficient (Wildman–Crippen LogP) is 1.85. The number of carbonyl (C=O) groups is 1. The van der Waals surface area contributed by atoms with E-state index in [-0.39, 0.29) is 11.7 Å². The monoisotopic (exact) mass is 267 g/mol. The Balaban J connectivity index is 3.09. The maximum Gasteiger partial charge on any atom is 0.255 e. The fraction of sp³-hybridized carbons (Fsp3) is 0.538. The second kappa shape index (κ2) is 5.34. The van der Waals surface area contributed by atoms with Gasteiger partial charge in [-0.15, -0.1) is 0 Å². The van der Waals surface area contributed by atoms with Crippen molar-refractivity contribution in [2.24, 2.45) is 10.9 Å². The van der Waals surface area contributed by atoms with E-state index in [2.05, 4.69) is 10.5 Å². The third-order valence-electron chi connectivity index (χ3n) is 3.56. The van der Waals surface area contributed by atoms with Crippen LogP contribution < -0.4 is 11.1 Å². The molecule has 0 bridgehead atoms. The molecular weight excluding hydrogens is 246 g/mol. The molecule has 1 amide bonds. The van der Waals surface area contributed by atoms with Crippen molar-refractivity contribution in [2.75, 3.05) is 0 Å². The number of hydrogen-bond acceptors (Lipinski definition) is 4. The summed E-state index contributed by atoms with van der Waals surface area (Å²) in [6, 6.07) is 0. The average Bonchev–Trinajstić information content (AvgIpc) is 2.61. The third kappa shape index (κ3) is 2.72. The highest BCUT2D eigenvalue weighted by molar-refractivity contribution is 6.01. The van der Waals surface area contributed by atoms with Gasteiger partial charge in [0.2, 0.25) is 0 Å². The SMILES string of the molecule is CCC(C)(NC(=O)c1c(C)oc(C)c1C)C(N)=NO. The van der Waals surface area contributed by atoms with E-state index in [4.69, 9.17) is 15.4 Å². The van der Waals surface area contributed by atoms with Crippen LogP contribution in [-0.4, -0.2) is 22.5 Å². The normalized spacial score (nSPS) is 15.1. The van der Waals surface area contributed by atoms with Crippen molar-refractivity contribution in [3.8, 4) is 0 Å². The van der Waals surface area contributed by atoms with E-state index < -0.39 is 5.54 Å². The molecule has 0 aromatic carbocycles. The molecule has 0 aliphatic rings. The minimum absolute atomic E-state index is 0.0288. The number of hydrogen-bond donors (Lipinski definition) is 3. The van der Waals surface area contributed by atoms with E-state index in [0.717, 1.165) is 5.56 Å². The highest BCUT2D eigenvalue weighted by Gasteiger charge is 2.31. The zero-order valence-corrected chi connectivity index (χ0v) is 12.0. The summed E-state index contributed by atoms with van der Waals surface area (Å²) in [4.78, 5) is 12.3. The first-order valence-corrected chi connectivity index (χ1v) is 6.14. The van der Waals surface area contributed by atoms with Gasteiger partial charge in [-0.2, -0.15) is 0 Å². The number of nitrogens with zero attached hydrogens (tertiary/aromatic N) is 1. The van der Waals surface area contributed by atoms with Crippen LogP contribution in [0.3, 0.4) is 0 Å². The van der Waals surface area contributed by atoms with E-state index in [9.17, 15) is 4.79 Å². The lowest BCUT2D eigenvalue weighted by Gasteiger charge is -2.28. The number of nitrogens with two attached hydrogens (primary N) is 1. The summed E-state index contributed by atoms with van der Waals surface area (Å²) in [7, 11) is 0. The molecule has 4 N–H and O–H groups in total. The highest BCUT2D eigenvalue weighted by atomic mass is 16.4. The van der Waals surface area contributed by atoms with Gasteiger partial charge in [-0.05, 0) is 34.1 Å². The molecule has 19 heavy (non-hydrogen) atoms. The van der Waals surface area contributed by atoms with Gasteiger partial charge in [0, 0.05) is 5.56 Å². The third-order valence-corrected chi connectivity index (χ3v) is 3.56. The van der Waals surface area contributed by atoms with E-state index in [1.807, 2.05) is 20.8 Å². The molecule has 0 fully saturated rings. The van der Waals surface area contributed by atoms with Gasteiger partial charge in [-0.25, -0.2) is 0 Å². The van der Waals surface area contributed by atoms with Gasteiger partial charge < -0.3 is 20.7 Å². The lowest BCUT2D eigenvalue weighted by molar-refractivity contribution is 0.0923. The summed E-state index contributed by atoms with van der Waals surface area (Å²) >= 11 is 0. The molecule has 0 spiro atoms. The molecule has 1 aromatic rings. The molecule has 1 unspecified atom stereocenters. The highest BCUT2D eigenvalue weighted by Crippen LogP contribution is 2.22. The first-order valence-electron chi connectivity index (χ1n) is 6.14. The molecule has 106 valence electrons. The van der Waals surface area contributed by atoms with Gasteiger partial charge in [0.15, 0.2) is 5.84 Å². The van der Waals surface area contributed by atoms with Gasteiger partial charge in [0.25, 0.3) is 5.91 Å². The average molecular weight is 267 g/mol. The van der Waals surface area contributed by atoms with Crippen LogP contribution in [0.15, 0.2) is 9.57 Å². The summed E-state index contributed by atoms with van der Waals surface area (Å²) in [6.07, 6.45) is 0.504. The second-order valence-electron chi connectivity index (χ2n) is 4.84. The minimum Gasteiger partial charge on any atom is -0.466 e. The fourth-order valence-corrected chi connectivity index (χ4v) is 1.88. The van der Waals surface area contributed by atoms with E-state index in [1.165, 1.54) is 0 Å². The Morgan fingerprint density at radius 1 is 1.42 bits per heavy atom. The van der Waals surface area contributed by atoms with Crippen LogP contribution in [0.25, 0.3) is 0 Å². The smallest absolute Gasteiger partial charge is 0.255 e. The summed E-state index contributed by atoms with van der Waals surface area (Å²) in [5.41, 5.74) is 6.04. The summed E-state index contributed by atoms with van der Waals surface area (Å²) < 4.78 is 5.43. The summed E-state index contributed by atoms with van der Waals surface area (Å²) in [5.74, 6) is 0.955. The van der Waals surface area contributed by atoms with Crippen molar-refractivity contribution in [1.82, 2.24) is 5.32 Å². The Morgan fingerprint density at radius 3 is 2.37 bits per heavy atom. The summed E-state index contributed by atoms with van der Waals surface area (Å²) in [5, 5.41) is 14.6. The molecule has 0 radical (unpaired) electrons. The number of rotatable bonds is 4. The van der Waals surface area contributed by atoms with E-state index >= 15 is 0 Å². The Kier molecular flexibility index (Phi) is 4.24. The van der Waals surface area contributed by atoms with Crippen molar-refractivity contribution in [2.45, 2.75) is 46.6 Å². The van der Waals surface area contributed by atoms with Crippen molar-refractivity contribution in [1.29, 1.82) is 0 Å². The number of amidine groups is 1. The first-order chi connectivity index (χ1) is 8.76. The van der Waals surface area contributed by atoms with Crippen LogP contribution in [0.4, 0.5) is 0 Å². The van der Waals surface area contributed by atoms with Crippen molar-refractivity contribution >= 4 is 11.7 Å². The number of oxime groups is 1. The van der Waals surface area contributed by atoms with Crippen LogP contribution in [0.2, 0.25) is 0 Å². The van der Waals surface area contributed by atoms with Crippen molar-refractivity contribution in [3.05, 3.63) is 22.6 Å². The molecule has 1 atom stereocenters. The lowest BCUT2D eigenvalue weighted by atomic mass is 9.96. The quantitative estimate of drug-likeness (QED) is 0.335. The number of furan rings is 1. The Bertz CT molecular complexity index is 519. The minimum atomic E-state index is -0.893. The maximum absolute atomic E-state index is 12.3.